The number of rotatable bonds is 4. The van der Waals surface area contributed by atoms with Crippen LogP contribution >= 0.6 is 0 Å². The summed E-state index contributed by atoms with van der Waals surface area (Å²) in [6, 6.07) is 5.11. The molecule has 6 nitrogen and oxygen atoms in total. The number of hydrogen-bond donors (Lipinski definition) is 3. The van der Waals surface area contributed by atoms with Crippen molar-refractivity contribution < 1.29 is 15.0 Å². The average Bonchev–Trinajstić information content (AvgIpc) is 2.94. The quantitative estimate of drug-likeness (QED) is 0.721. The predicted molar refractivity (Wildman–Crippen MR) is 79.6 cm³/mol. The van der Waals surface area contributed by atoms with Crippen molar-refractivity contribution in [3.8, 4) is 0 Å². The summed E-state index contributed by atoms with van der Waals surface area (Å²) in [6.45, 7) is 0. The molecule has 1 aliphatic rings. The van der Waals surface area contributed by atoms with E-state index in [-0.39, 0.29) is 5.56 Å². The molecule has 2 unspecified atom stereocenters. The van der Waals surface area contributed by atoms with E-state index in [1.54, 1.807) is 31.6 Å². The highest BCUT2D eigenvalue weighted by atomic mass is 16.4. The van der Waals surface area contributed by atoms with E-state index in [1.165, 1.54) is 6.33 Å². The summed E-state index contributed by atoms with van der Waals surface area (Å²) in [5.74, 6) is -0.947. The lowest BCUT2D eigenvalue weighted by molar-refractivity contribution is 0.0602. The maximum absolute atomic E-state index is 11.1. The Hall–Kier alpha value is -2.31. The van der Waals surface area contributed by atoms with E-state index < -0.39 is 17.6 Å². The molecule has 0 saturated heterocycles. The van der Waals surface area contributed by atoms with E-state index in [0.29, 0.717) is 12.8 Å². The molecule has 0 bridgehead atoms. The third-order valence-electron chi connectivity index (χ3n) is 4.40. The second-order valence-corrected chi connectivity index (χ2v) is 5.62. The summed E-state index contributed by atoms with van der Waals surface area (Å²) in [5, 5.41) is 22.6. The first-order valence-electron chi connectivity index (χ1n) is 7.03. The maximum Gasteiger partial charge on any atom is 0.335 e. The second kappa shape index (κ2) is 5.47. The Balaban J connectivity index is 2.06. The number of benzene rings is 1. The number of carboxylic acids is 1. The zero-order chi connectivity index (χ0) is 15.7. The van der Waals surface area contributed by atoms with Crippen LogP contribution in [0.25, 0.3) is 0 Å². The van der Waals surface area contributed by atoms with Crippen LogP contribution < -0.4 is 5.32 Å². The summed E-state index contributed by atoms with van der Waals surface area (Å²) in [5.41, 5.74) is 2.50. The number of fused-ring (bicyclic) bond motifs is 1. The number of carbonyl (C=O) groups is 1. The fourth-order valence-corrected chi connectivity index (χ4v) is 3.23. The number of hydrogen-bond acceptors (Lipinski definition) is 5. The van der Waals surface area contributed by atoms with Crippen LogP contribution in [0.5, 0.6) is 0 Å². The van der Waals surface area contributed by atoms with Crippen molar-refractivity contribution in [3.63, 3.8) is 0 Å². The SMILES string of the molecule is CNC(O)C1(c2cncnc2)Cc2ccc(C(=O)O)cc2C1. The number of aromatic carboxylic acids is 1. The van der Waals surface area contributed by atoms with E-state index in [4.69, 9.17) is 5.11 Å². The highest BCUT2D eigenvalue weighted by Gasteiger charge is 2.44. The van der Waals surface area contributed by atoms with Crippen LogP contribution in [0, 0.1) is 0 Å². The van der Waals surface area contributed by atoms with Gasteiger partial charge in [0.2, 0.25) is 0 Å². The maximum atomic E-state index is 11.1. The van der Waals surface area contributed by atoms with Crippen molar-refractivity contribution >= 4 is 5.97 Å². The molecule has 1 heterocycles. The van der Waals surface area contributed by atoms with Crippen molar-refractivity contribution in [2.24, 2.45) is 0 Å². The Morgan fingerprint density at radius 3 is 2.59 bits per heavy atom. The second-order valence-electron chi connectivity index (χ2n) is 5.62. The molecule has 2 atom stereocenters. The standard InChI is InChI=1S/C16H17N3O3/c1-17-15(22)16(13-7-18-9-19-8-13)5-11-3-2-10(14(20)21)4-12(11)6-16/h2-4,7-9,15,17,22H,5-6H2,1H3,(H,20,21). The first-order valence-corrected chi connectivity index (χ1v) is 7.03. The Kier molecular flexibility index (Phi) is 3.64. The molecule has 0 aliphatic heterocycles. The van der Waals surface area contributed by atoms with Crippen LogP contribution in [0.2, 0.25) is 0 Å². The first-order chi connectivity index (χ1) is 10.6. The summed E-state index contributed by atoms with van der Waals surface area (Å²) >= 11 is 0. The monoisotopic (exact) mass is 299 g/mol. The van der Waals surface area contributed by atoms with Crippen LogP contribution in [0.4, 0.5) is 0 Å². The van der Waals surface area contributed by atoms with Crippen molar-refractivity contribution in [2.45, 2.75) is 24.5 Å². The number of nitrogens with one attached hydrogen (secondary N) is 1. The molecular weight excluding hydrogens is 282 g/mol. The molecule has 0 fully saturated rings. The van der Waals surface area contributed by atoms with Crippen LogP contribution in [-0.2, 0) is 18.3 Å². The first kappa shape index (κ1) is 14.6. The Labute approximate surface area is 127 Å². The molecular formula is C16H17N3O3. The molecule has 0 spiro atoms. The summed E-state index contributed by atoms with van der Waals surface area (Å²) < 4.78 is 0. The molecule has 0 amide bonds. The van der Waals surface area contributed by atoms with Crippen LogP contribution in [0.15, 0.2) is 36.9 Å². The normalized spacial score (nSPS) is 21.4. The predicted octanol–water partition coefficient (Wildman–Crippen LogP) is 0.749. The minimum Gasteiger partial charge on any atom is -0.478 e. The molecule has 1 aromatic heterocycles. The van der Waals surface area contributed by atoms with E-state index in [9.17, 15) is 9.90 Å². The average molecular weight is 299 g/mol. The number of nitrogens with zero attached hydrogens (tertiary/aromatic N) is 2. The van der Waals surface area contributed by atoms with Crippen molar-refractivity contribution in [1.82, 2.24) is 15.3 Å². The molecule has 0 radical (unpaired) electrons. The highest BCUT2D eigenvalue weighted by molar-refractivity contribution is 5.88. The van der Waals surface area contributed by atoms with Gasteiger partial charge >= 0.3 is 5.97 Å². The molecule has 3 N–H and O–H groups in total. The lowest BCUT2D eigenvalue weighted by atomic mass is 9.77. The zero-order valence-electron chi connectivity index (χ0n) is 12.2. The fourth-order valence-electron chi connectivity index (χ4n) is 3.23. The lowest BCUT2D eigenvalue weighted by Gasteiger charge is -2.34. The Bertz CT molecular complexity index is 705. The van der Waals surface area contributed by atoms with Gasteiger partial charge in [-0.1, -0.05) is 6.07 Å². The smallest absolute Gasteiger partial charge is 0.335 e. The molecule has 1 aliphatic carbocycles. The highest BCUT2D eigenvalue weighted by Crippen LogP contribution is 2.41. The number of carboxylic acid groups (broad SMARTS) is 1. The lowest BCUT2D eigenvalue weighted by Crippen LogP contribution is -2.48. The topological polar surface area (TPSA) is 95.3 Å². The van der Waals surface area contributed by atoms with Gasteiger partial charge in [0.25, 0.3) is 0 Å². The van der Waals surface area contributed by atoms with Crippen molar-refractivity contribution in [1.29, 1.82) is 0 Å². The summed E-state index contributed by atoms with van der Waals surface area (Å²) in [4.78, 5) is 19.3. The van der Waals surface area contributed by atoms with Gasteiger partial charge in [0.05, 0.1) is 5.56 Å². The van der Waals surface area contributed by atoms with Crippen LogP contribution in [0.3, 0.4) is 0 Å². The number of aliphatic hydroxyl groups excluding tert-OH is 1. The van der Waals surface area contributed by atoms with Gasteiger partial charge in [-0.2, -0.15) is 0 Å². The largest absolute Gasteiger partial charge is 0.478 e. The minimum absolute atomic E-state index is 0.262. The zero-order valence-corrected chi connectivity index (χ0v) is 12.2. The van der Waals surface area contributed by atoms with Crippen molar-refractivity contribution in [2.75, 3.05) is 7.05 Å². The van der Waals surface area contributed by atoms with E-state index in [2.05, 4.69) is 15.3 Å². The summed E-state index contributed by atoms with van der Waals surface area (Å²) in [6.07, 6.45) is 5.23. The molecule has 114 valence electrons. The van der Waals surface area contributed by atoms with Gasteiger partial charge in [0.1, 0.15) is 12.6 Å². The molecule has 22 heavy (non-hydrogen) atoms. The van der Waals surface area contributed by atoms with E-state index in [0.717, 1.165) is 16.7 Å². The number of likely N-dealkylation sites (N-methyl/N-ethyl adjacent to an activating group) is 1. The van der Waals surface area contributed by atoms with Crippen LogP contribution in [0.1, 0.15) is 27.0 Å². The van der Waals surface area contributed by atoms with Gasteiger partial charge in [0.15, 0.2) is 0 Å². The Morgan fingerprint density at radius 1 is 1.27 bits per heavy atom. The third kappa shape index (κ3) is 2.26. The van der Waals surface area contributed by atoms with Gasteiger partial charge in [-0.15, -0.1) is 0 Å². The number of aromatic nitrogens is 2. The van der Waals surface area contributed by atoms with Gasteiger partial charge < -0.3 is 10.2 Å². The molecule has 1 aromatic carbocycles. The van der Waals surface area contributed by atoms with Gasteiger partial charge in [-0.25, -0.2) is 14.8 Å². The summed E-state index contributed by atoms with van der Waals surface area (Å²) in [7, 11) is 1.70. The number of aliphatic hydroxyl groups is 1. The molecule has 2 aromatic rings. The minimum atomic E-state index is -0.947. The van der Waals surface area contributed by atoms with E-state index >= 15 is 0 Å². The van der Waals surface area contributed by atoms with Gasteiger partial charge in [-0.05, 0) is 48.7 Å². The molecule has 6 heteroatoms. The van der Waals surface area contributed by atoms with Gasteiger partial charge in [0, 0.05) is 17.8 Å². The van der Waals surface area contributed by atoms with E-state index in [1.807, 2.05) is 6.07 Å². The van der Waals surface area contributed by atoms with Crippen LogP contribution in [-0.4, -0.2) is 39.4 Å². The molecule has 3 rings (SSSR count). The van der Waals surface area contributed by atoms with Gasteiger partial charge in [-0.3, -0.25) is 5.32 Å². The third-order valence-corrected chi connectivity index (χ3v) is 4.40. The fraction of sp³-hybridized carbons (Fsp3) is 0.312. The Morgan fingerprint density at radius 2 is 1.95 bits per heavy atom. The molecule has 0 saturated carbocycles. The van der Waals surface area contributed by atoms with Crippen molar-refractivity contribution in [3.05, 3.63) is 59.2 Å².